The number of ether oxygens (including phenoxy) is 2. The Hall–Kier alpha value is -1.08. The van der Waals surface area contributed by atoms with Crippen molar-refractivity contribution in [2.24, 2.45) is 0 Å². The minimum atomic E-state index is -2.67. The number of hydrogen-bond donors (Lipinski definition) is 0. The molecule has 6 heteroatoms. The first kappa shape index (κ1) is 20.0. The van der Waals surface area contributed by atoms with Crippen LogP contribution in [0.25, 0.3) is 0 Å². The lowest BCUT2D eigenvalue weighted by atomic mass is 10.1. The summed E-state index contributed by atoms with van der Waals surface area (Å²) in [5.74, 6) is 1.66. The van der Waals surface area contributed by atoms with Crippen LogP contribution in [0.3, 0.4) is 0 Å². The highest BCUT2D eigenvalue weighted by molar-refractivity contribution is 6.60. The van der Waals surface area contributed by atoms with E-state index in [-0.39, 0.29) is 0 Å². The molecular formula is C17H30O5Si. The van der Waals surface area contributed by atoms with Gasteiger partial charge in [0, 0.05) is 31.4 Å². The molecule has 0 spiro atoms. The summed E-state index contributed by atoms with van der Waals surface area (Å²) in [6.45, 7) is 9.65. The van der Waals surface area contributed by atoms with Crippen LogP contribution in [0.5, 0.6) is 11.5 Å². The molecule has 0 heterocycles. The second kappa shape index (κ2) is 9.92. The normalized spacial score (nSPS) is 11.6. The maximum atomic E-state index is 5.92. The standard InChI is InChI=1S/C17H30O5Si/c1-7-20-23(21-8-2,22-9-3)11-10-15-16(18-5)12-14(4)13-17(15)19-6/h12-13H,7-11H2,1-6H3. The van der Waals surface area contributed by atoms with E-state index in [1.165, 1.54) is 0 Å². The van der Waals surface area contributed by atoms with Crippen molar-refractivity contribution >= 4 is 8.80 Å². The van der Waals surface area contributed by atoms with Gasteiger partial charge in [-0.2, -0.15) is 0 Å². The number of aryl methyl sites for hydroxylation is 1. The third-order valence-corrected chi connectivity index (χ3v) is 6.57. The predicted octanol–water partition coefficient (Wildman–Crippen LogP) is 3.60. The molecule has 0 aromatic heterocycles. The molecule has 0 radical (unpaired) electrons. The van der Waals surface area contributed by atoms with Crippen LogP contribution >= 0.6 is 0 Å². The Labute approximate surface area is 141 Å². The Morgan fingerprint density at radius 2 is 1.26 bits per heavy atom. The van der Waals surface area contributed by atoms with Crippen molar-refractivity contribution in [1.82, 2.24) is 0 Å². The van der Waals surface area contributed by atoms with Crippen molar-refractivity contribution < 1.29 is 22.8 Å². The van der Waals surface area contributed by atoms with Crippen LogP contribution in [0.4, 0.5) is 0 Å². The highest BCUT2D eigenvalue weighted by Gasteiger charge is 2.40. The van der Waals surface area contributed by atoms with Crippen molar-refractivity contribution in [2.75, 3.05) is 34.0 Å². The number of hydrogen-bond acceptors (Lipinski definition) is 5. The van der Waals surface area contributed by atoms with Crippen molar-refractivity contribution in [1.29, 1.82) is 0 Å². The van der Waals surface area contributed by atoms with Crippen LogP contribution in [0.2, 0.25) is 6.04 Å². The van der Waals surface area contributed by atoms with Crippen LogP contribution in [-0.4, -0.2) is 42.8 Å². The number of rotatable bonds is 11. The van der Waals surface area contributed by atoms with Gasteiger partial charge in [0.2, 0.25) is 0 Å². The van der Waals surface area contributed by atoms with Crippen molar-refractivity contribution in [3.05, 3.63) is 23.3 Å². The fourth-order valence-corrected chi connectivity index (χ4v) is 5.20. The predicted molar refractivity (Wildman–Crippen MR) is 93.4 cm³/mol. The molecule has 0 unspecified atom stereocenters. The van der Waals surface area contributed by atoms with Gasteiger partial charge in [-0.05, 0) is 51.8 Å². The molecule has 0 N–H and O–H groups in total. The van der Waals surface area contributed by atoms with Gasteiger partial charge >= 0.3 is 8.80 Å². The topological polar surface area (TPSA) is 46.2 Å². The third-order valence-electron chi connectivity index (χ3n) is 3.53. The fraction of sp³-hybridized carbons (Fsp3) is 0.647. The second-order valence-corrected chi connectivity index (χ2v) is 7.86. The molecule has 1 aromatic carbocycles. The Balaban J connectivity index is 3.04. The van der Waals surface area contributed by atoms with E-state index >= 15 is 0 Å². The highest BCUT2D eigenvalue weighted by Crippen LogP contribution is 2.33. The highest BCUT2D eigenvalue weighted by atomic mass is 28.4. The maximum Gasteiger partial charge on any atom is 0.501 e. The maximum absolute atomic E-state index is 5.92. The van der Waals surface area contributed by atoms with Crippen LogP contribution in [0.15, 0.2) is 12.1 Å². The molecule has 23 heavy (non-hydrogen) atoms. The zero-order valence-electron chi connectivity index (χ0n) is 15.2. The number of benzene rings is 1. The quantitative estimate of drug-likeness (QED) is 0.575. The summed E-state index contributed by atoms with van der Waals surface area (Å²) >= 11 is 0. The van der Waals surface area contributed by atoms with Crippen LogP contribution in [0, 0.1) is 6.92 Å². The zero-order valence-corrected chi connectivity index (χ0v) is 16.2. The van der Waals surface area contributed by atoms with Gasteiger partial charge in [-0.15, -0.1) is 0 Å². The van der Waals surface area contributed by atoms with E-state index in [1.807, 2.05) is 39.8 Å². The molecule has 5 nitrogen and oxygen atoms in total. The average molecular weight is 343 g/mol. The molecule has 0 aliphatic heterocycles. The lowest BCUT2D eigenvalue weighted by Gasteiger charge is -2.29. The monoisotopic (exact) mass is 342 g/mol. The van der Waals surface area contributed by atoms with Crippen molar-refractivity contribution in [2.45, 2.75) is 40.2 Å². The van der Waals surface area contributed by atoms with E-state index < -0.39 is 8.80 Å². The fourth-order valence-electron chi connectivity index (χ4n) is 2.64. The van der Waals surface area contributed by atoms with Gasteiger partial charge in [-0.3, -0.25) is 0 Å². The van der Waals surface area contributed by atoms with Crippen LogP contribution < -0.4 is 9.47 Å². The first-order chi connectivity index (χ1) is 11.1. The van der Waals surface area contributed by atoms with Gasteiger partial charge in [0.15, 0.2) is 0 Å². The Morgan fingerprint density at radius 1 is 0.826 bits per heavy atom. The molecule has 1 rings (SSSR count). The minimum absolute atomic E-state index is 0.578. The van der Waals surface area contributed by atoms with E-state index in [0.717, 1.165) is 29.0 Å². The molecule has 0 saturated heterocycles. The summed E-state index contributed by atoms with van der Waals surface area (Å²) in [4.78, 5) is 0. The second-order valence-electron chi connectivity index (χ2n) is 5.13. The summed E-state index contributed by atoms with van der Waals surface area (Å²) in [7, 11) is 0.679. The van der Waals surface area contributed by atoms with E-state index in [4.69, 9.17) is 22.8 Å². The minimum Gasteiger partial charge on any atom is -0.496 e. The molecular weight excluding hydrogens is 312 g/mol. The van der Waals surface area contributed by atoms with Gasteiger partial charge in [0.05, 0.1) is 14.2 Å². The first-order valence-corrected chi connectivity index (χ1v) is 10.1. The smallest absolute Gasteiger partial charge is 0.496 e. The summed E-state index contributed by atoms with van der Waals surface area (Å²) < 4.78 is 28.8. The van der Waals surface area contributed by atoms with Crippen molar-refractivity contribution in [3.8, 4) is 11.5 Å². The van der Waals surface area contributed by atoms with Crippen LogP contribution in [-0.2, 0) is 19.7 Å². The van der Waals surface area contributed by atoms with E-state index in [2.05, 4.69) is 0 Å². The molecule has 0 aliphatic carbocycles. The van der Waals surface area contributed by atoms with Gasteiger partial charge in [0.25, 0.3) is 0 Å². The van der Waals surface area contributed by atoms with Gasteiger partial charge in [0.1, 0.15) is 11.5 Å². The zero-order chi connectivity index (χ0) is 17.3. The van der Waals surface area contributed by atoms with Gasteiger partial charge in [-0.1, -0.05) is 0 Å². The van der Waals surface area contributed by atoms with E-state index in [9.17, 15) is 0 Å². The molecule has 0 saturated carbocycles. The summed E-state index contributed by atoms with van der Waals surface area (Å²) in [6, 6.07) is 4.73. The van der Waals surface area contributed by atoms with Crippen molar-refractivity contribution in [3.63, 3.8) is 0 Å². The summed E-state index contributed by atoms with van der Waals surface area (Å²) in [5, 5.41) is 0. The molecule has 0 atom stereocenters. The molecule has 132 valence electrons. The number of methoxy groups -OCH3 is 2. The average Bonchev–Trinajstić information content (AvgIpc) is 2.53. The Kier molecular flexibility index (Phi) is 8.61. The summed E-state index contributed by atoms with van der Waals surface area (Å²) in [5.41, 5.74) is 2.13. The molecule has 0 aliphatic rings. The van der Waals surface area contributed by atoms with Gasteiger partial charge in [-0.25, -0.2) is 0 Å². The Bertz CT molecular complexity index is 436. The van der Waals surface area contributed by atoms with Gasteiger partial charge < -0.3 is 22.8 Å². The lowest BCUT2D eigenvalue weighted by Crippen LogP contribution is -2.46. The molecule has 1 aromatic rings. The largest absolute Gasteiger partial charge is 0.501 e. The van der Waals surface area contributed by atoms with E-state index in [1.54, 1.807) is 14.2 Å². The van der Waals surface area contributed by atoms with Crippen LogP contribution in [0.1, 0.15) is 31.9 Å². The molecule has 0 fully saturated rings. The molecule has 0 amide bonds. The SMILES string of the molecule is CCO[Si](CCc1c(OC)cc(C)cc1OC)(OCC)OCC. The van der Waals surface area contributed by atoms with E-state index in [0.29, 0.717) is 25.9 Å². The lowest BCUT2D eigenvalue weighted by molar-refractivity contribution is 0.0713. The first-order valence-electron chi connectivity index (χ1n) is 8.19. The third kappa shape index (κ3) is 5.49. The molecule has 0 bridgehead atoms. The summed E-state index contributed by atoms with van der Waals surface area (Å²) in [6.07, 6.45) is 0.721. The Morgan fingerprint density at radius 3 is 1.61 bits per heavy atom.